The molecule has 0 aromatic heterocycles. The second-order valence-electron chi connectivity index (χ2n) is 5.37. The van der Waals surface area contributed by atoms with Crippen molar-refractivity contribution in [2.24, 2.45) is 17.6 Å². The summed E-state index contributed by atoms with van der Waals surface area (Å²) in [6, 6.07) is 4.77. The summed E-state index contributed by atoms with van der Waals surface area (Å²) in [5.74, 6) is 0.986. The van der Waals surface area contributed by atoms with E-state index in [4.69, 9.17) is 10.5 Å². The van der Waals surface area contributed by atoms with Gasteiger partial charge in [-0.3, -0.25) is 4.79 Å². The van der Waals surface area contributed by atoms with Gasteiger partial charge in [-0.1, -0.05) is 13.8 Å². The normalized spacial score (nSPS) is 12.2. The van der Waals surface area contributed by atoms with E-state index < -0.39 is 0 Å². The highest BCUT2D eigenvalue weighted by Gasteiger charge is 2.14. The Hall–Kier alpha value is -1.75. The van der Waals surface area contributed by atoms with E-state index in [-0.39, 0.29) is 17.6 Å². The van der Waals surface area contributed by atoms with Crippen LogP contribution in [0.4, 0.5) is 5.69 Å². The van der Waals surface area contributed by atoms with E-state index in [2.05, 4.69) is 19.2 Å². The highest BCUT2D eigenvalue weighted by molar-refractivity contribution is 5.91. The third-order valence-corrected chi connectivity index (χ3v) is 3.07. The minimum absolute atomic E-state index is 0.00264. The number of ether oxygens (including phenoxy) is 1. The minimum Gasteiger partial charge on any atom is -0.504 e. The van der Waals surface area contributed by atoms with Crippen LogP contribution in [0.15, 0.2) is 18.2 Å². The molecule has 0 spiro atoms. The number of hydrogen-bond donors (Lipinski definition) is 3. The molecule has 4 N–H and O–H groups in total. The molecule has 20 heavy (non-hydrogen) atoms. The molecule has 1 rings (SSSR count). The fourth-order valence-corrected chi connectivity index (χ4v) is 2.17. The van der Waals surface area contributed by atoms with Gasteiger partial charge >= 0.3 is 0 Å². The van der Waals surface area contributed by atoms with Gasteiger partial charge in [0.25, 0.3) is 0 Å². The number of anilines is 1. The number of phenols is 1. The Bertz CT molecular complexity index is 447. The Morgan fingerprint density at radius 1 is 1.45 bits per heavy atom. The van der Waals surface area contributed by atoms with Crippen molar-refractivity contribution < 1.29 is 14.6 Å². The van der Waals surface area contributed by atoms with Crippen molar-refractivity contribution in [2.45, 2.75) is 26.7 Å². The van der Waals surface area contributed by atoms with Crippen molar-refractivity contribution in [2.75, 3.05) is 19.0 Å². The molecule has 0 bridgehead atoms. The number of carbonyl (C=O) groups is 1. The van der Waals surface area contributed by atoms with Crippen LogP contribution in [0.1, 0.15) is 26.7 Å². The summed E-state index contributed by atoms with van der Waals surface area (Å²) in [5.41, 5.74) is 6.24. The third-order valence-electron chi connectivity index (χ3n) is 3.07. The number of methoxy groups -OCH3 is 1. The molecule has 0 aliphatic carbocycles. The predicted octanol–water partition coefficient (Wildman–Crippen LogP) is 2.35. The van der Waals surface area contributed by atoms with Gasteiger partial charge in [0.1, 0.15) is 0 Å². The standard InChI is InChI=1S/C15H24N2O3/c1-10(2)6-11(9-16)7-15(19)17-12-4-5-14(20-3)13(18)8-12/h4-5,8,10-11,18H,6-7,9,16H2,1-3H3,(H,17,19). The molecular formula is C15H24N2O3. The summed E-state index contributed by atoms with van der Waals surface area (Å²) in [4.78, 5) is 11.9. The van der Waals surface area contributed by atoms with Gasteiger partial charge in [0.05, 0.1) is 7.11 Å². The minimum atomic E-state index is -0.0920. The molecule has 0 saturated carbocycles. The van der Waals surface area contributed by atoms with Crippen LogP contribution in [-0.2, 0) is 4.79 Å². The molecular weight excluding hydrogens is 256 g/mol. The van der Waals surface area contributed by atoms with Crippen LogP contribution in [0, 0.1) is 11.8 Å². The Balaban J connectivity index is 2.59. The maximum absolute atomic E-state index is 11.9. The zero-order chi connectivity index (χ0) is 15.1. The Morgan fingerprint density at radius 3 is 2.65 bits per heavy atom. The Kier molecular flexibility index (Phi) is 6.31. The molecule has 112 valence electrons. The van der Waals surface area contributed by atoms with E-state index in [1.54, 1.807) is 12.1 Å². The zero-order valence-corrected chi connectivity index (χ0v) is 12.3. The van der Waals surface area contributed by atoms with Gasteiger partial charge in [0.15, 0.2) is 11.5 Å². The van der Waals surface area contributed by atoms with Gasteiger partial charge in [0, 0.05) is 18.2 Å². The van der Waals surface area contributed by atoms with Crippen molar-refractivity contribution >= 4 is 11.6 Å². The van der Waals surface area contributed by atoms with Gasteiger partial charge in [-0.15, -0.1) is 0 Å². The van der Waals surface area contributed by atoms with E-state index in [0.29, 0.717) is 30.3 Å². The number of hydrogen-bond acceptors (Lipinski definition) is 4. The van der Waals surface area contributed by atoms with Crippen LogP contribution in [-0.4, -0.2) is 24.7 Å². The molecule has 0 fully saturated rings. The highest BCUT2D eigenvalue weighted by atomic mass is 16.5. The molecule has 0 aliphatic rings. The maximum atomic E-state index is 11.9. The van der Waals surface area contributed by atoms with Crippen LogP contribution in [0.3, 0.4) is 0 Å². The Labute approximate surface area is 120 Å². The van der Waals surface area contributed by atoms with Gasteiger partial charge in [-0.25, -0.2) is 0 Å². The molecule has 1 unspecified atom stereocenters. The highest BCUT2D eigenvalue weighted by Crippen LogP contribution is 2.28. The maximum Gasteiger partial charge on any atom is 0.224 e. The third kappa shape index (κ3) is 5.09. The zero-order valence-electron chi connectivity index (χ0n) is 12.3. The molecule has 1 atom stereocenters. The van der Waals surface area contributed by atoms with Gasteiger partial charge in [-0.05, 0) is 36.9 Å². The predicted molar refractivity (Wildman–Crippen MR) is 79.9 cm³/mol. The van der Waals surface area contributed by atoms with E-state index in [1.807, 2.05) is 0 Å². The molecule has 0 heterocycles. The second kappa shape index (κ2) is 7.75. The molecule has 5 heteroatoms. The lowest BCUT2D eigenvalue weighted by Crippen LogP contribution is -2.23. The van der Waals surface area contributed by atoms with Crippen molar-refractivity contribution in [3.63, 3.8) is 0 Å². The summed E-state index contributed by atoms with van der Waals surface area (Å²) in [6.45, 7) is 4.73. The molecule has 0 radical (unpaired) electrons. The number of nitrogens with two attached hydrogens (primary N) is 1. The lowest BCUT2D eigenvalue weighted by atomic mass is 9.94. The second-order valence-corrected chi connectivity index (χ2v) is 5.37. The number of nitrogens with one attached hydrogen (secondary N) is 1. The Morgan fingerprint density at radius 2 is 2.15 bits per heavy atom. The van der Waals surface area contributed by atoms with Crippen LogP contribution in [0.2, 0.25) is 0 Å². The van der Waals surface area contributed by atoms with E-state index in [0.717, 1.165) is 6.42 Å². The molecule has 0 saturated heterocycles. The van der Waals surface area contributed by atoms with Crippen LogP contribution in [0.5, 0.6) is 11.5 Å². The molecule has 5 nitrogen and oxygen atoms in total. The van der Waals surface area contributed by atoms with Gasteiger partial charge < -0.3 is 20.9 Å². The number of amides is 1. The van der Waals surface area contributed by atoms with Gasteiger partial charge in [-0.2, -0.15) is 0 Å². The van der Waals surface area contributed by atoms with Crippen molar-refractivity contribution in [3.8, 4) is 11.5 Å². The fraction of sp³-hybridized carbons (Fsp3) is 0.533. The molecule has 1 aromatic rings. The van der Waals surface area contributed by atoms with Crippen molar-refractivity contribution in [3.05, 3.63) is 18.2 Å². The summed E-state index contributed by atoms with van der Waals surface area (Å²) in [5, 5.41) is 12.4. The summed E-state index contributed by atoms with van der Waals surface area (Å²) >= 11 is 0. The molecule has 1 amide bonds. The number of carbonyl (C=O) groups excluding carboxylic acids is 1. The molecule has 0 aliphatic heterocycles. The van der Waals surface area contributed by atoms with E-state index >= 15 is 0 Å². The fourth-order valence-electron chi connectivity index (χ4n) is 2.17. The number of phenolic OH excluding ortho intramolecular Hbond substituents is 1. The van der Waals surface area contributed by atoms with Crippen LogP contribution in [0.25, 0.3) is 0 Å². The summed E-state index contributed by atoms with van der Waals surface area (Å²) in [7, 11) is 1.48. The average Bonchev–Trinajstić information content (AvgIpc) is 2.37. The quantitative estimate of drug-likeness (QED) is 0.715. The summed E-state index contributed by atoms with van der Waals surface area (Å²) in [6.07, 6.45) is 1.32. The average molecular weight is 280 g/mol. The first-order valence-electron chi connectivity index (χ1n) is 6.83. The van der Waals surface area contributed by atoms with Crippen LogP contribution >= 0.6 is 0 Å². The first kappa shape index (κ1) is 16.3. The SMILES string of the molecule is COc1ccc(NC(=O)CC(CN)CC(C)C)cc1O. The van der Waals surface area contributed by atoms with E-state index in [9.17, 15) is 9.90 Å². The first-order valence-corrected chi connectivity index (χ1v) is 6.83. The number of rotatable bonds is 7. The van der Waals surface area contributed by atoms with Gasteiger partial charge in [0.2, 0.25) is 5.91 Å². The number of aromatic hydroxyl groups is 1. The lowest BCUT2D eigenvalue weighted by Gasteiger charge is -2.16. The smallest absolute Gasteiger partial charge is 0.224 e. The lowest BCUT2D eigenvalue weighted by molar-refractivity contribution is -0.117. The largest absolute Gasteiger partial charge is 0.504 e. The first-order chi connectivity index (χ1) is 9.46. The summed E-state index contributed by atoms with van der Waals surface area (Å²) < 4.78 is 4.95. The van der Waals surface area contributed by atoms with Crippen molar-refractivity contribution in [1.29, 1.82) is 0 Å². The topological polar surface area (TPSA) is 84.6 Å². The van der Waals surface area contributed by atoms with E-state index in [1.165, 1.54) is 13.2 Å². The molecule has 1 aromatic carbocycles. The monoisotopic (exact) mass is 280 g/mol. The van der Waals surface area contributed by atoms with Crippen LogP contribution < -0.4 is 15.8 Å². The van der Waals surface area contributed by atoms with Crippen molar-refractivity contribution in [1.82, 2.24) is 0 Å². The number of benzene rings is 1.